The van der Waals surface area contributed by atoms with E-state index in [0.29, 0.717) is 10.6 Å². The molecule has 0 atom stereocenters. The highest BCUT2D eigenvalue weighted by atomic mass is 35.5. The van der Waals surface area contributed by atoms with E-state index in [-0.39, 0.29) is 43.2 Å². The maximum Gasteiger partial charge on any atom is 0.342 e. The molecule has 0 bridgehead atoms. The summed E-state index contributed by atoms with van der Waals surface area (Å²) in [5.74, 6) is -2.70. The predicted molar refractivity (Wildman–Crippen MR) is 132 cm³/mol. The van der Waals surface area contributed by atoms with Crippen LogP contribution in [0.25, 0.3) is 0 Å². The number of carbonyl (C=O) groups excluding carboxylic acids is 4. The Hall–Kier alpha value is -3.10. The fourth-order valence-electron chi connectivity index (χ4n) is 3.42. The van der Waals surface area contributed by atoms with Gasteiger partial charge in [-0.2, -0.15) is 0 Å². The molecule has 0 fully saturated rings. The van der Waals surface area contributed by atoms with Crippen LogP contribution in [0.1, 0.15) is 41.4 Å². The molecule has 1 aliphatic heterocycles. The lowest BCUT2D eigenvalue weighted by molar-refractivity contribution is 0.0471. The first-order valence-electron chi connectivity index (χ1n) is 9.83. The van der Waals surface area contributed by atoms with Gasteiger partial charge < -0.3 is 9.47 Å². The molecule has 0 unspecified atom stereocenters. The van der Waals surface area contributed by atoms with Crippen molar-refractivity contribution in [2.24, 2.45) is 0 Å². The maximum absolute atomic E-state index is 12.9. The Labute approximate surface area is 219 Å². The summed E-state index contributed by atoms with van der Waals surface area (Å²) in [7, 11) is 1.28. The lowest BCUT2D eigenvalue weighted by atomic mass is 10.1. The van der Waals surface area contributed by atoms with Gasteiger partial charge in [-0.05, 0) is 42.5 Å². The number of hydrogen-bond donors (Lipinski definition) is 0. The number of carbonyl (C=O) groups is 4. The molecule has 35 heavy (non-hydrogen) atoms. The highest BCUT2D eigenvalue weighted by Crippen LogP contribution is 2.39. The van der Waals surface area contributed by atoms with E-state index in [0.717, 1.165) is 4.90 Å². The predicted octanol–water partition coefficient (Wildman–Crippen LogP) is 6.15. The second-order valence-corrected chi connectivity index (χ2v) is 8.93. The van der Waals surface area contributed by atoms with E-state index in [1.165, 1.54) is 43.5 Å². The smallest absolute Gasteiger partial charge is 0.342 e. The number of benzene rings is 3. The number of imide groups is 1. The van der Waals surface area contributed by atoms with Crippen molar-refractivity contribution in [1.29, 1.82) is 0 Å². The highest BCUT2D eigenvalue weighted by molar-refractivity contribution is 6.45. The molecule has 0 spiro atoms. The van der Waals surface area contributed by atoms with Crippen LogP contribution in [-0.2, 0) is 4.74 Å². The van der Waals surface area contributed by atoms with Gasteiger partial charge in [0.25, 0.3) is 11.8 Å². The fraction of sp³-hybridized carbons (Fsp3) is 0.0833. The summed E-state index contributed by atoms with van der Waals surface area (Å²) < 4.78 is 10.4. The van der Waals surface area contributed by atoms with Gasteiger partial charge in [0, 0.05) is 16.7 Å². The molecule has 3 aromatic rings. The number of Topliss-reactive ketones (excluding diaryl/α,β-unsaturated/α-hetero) is 1. The van der Waals surface area contributed by atoms with Crippen molar-refractivity contribution in [3.05, 3.63) is 90.9 Å². The quantitative estimate of drug-likeness (QED) is 0.207. The largest absolute Gasteiger partial charge is 0.496 e. The minimum Gasteiger partial charge on any atom is -0.496 e. The first-order valence-corrected chi connectivity index (χ1v) is 11.3. The van der Waals surface area contributed by atoms with Crippen molar-refractivity contribution >= 4 is 75.7 Å². The molecule has 1 heterocycles. The minimum atomic E-state index is -0.890. The van der Waals surface area contributed by atoms with Crippen LogP contribution in [0.2, 0.25) is 20.1 Å². The zero-order chi connectivity index (χ0) is 25.4. The average Bonchev–Trinajstić information content (AvgIpc) is 3.07. The number of fused-ring (bicyclic) bond motifs is 1. The minimum absolute atomic E-state index is 0.0178. The van der Waals surface area contributed by atoms with Gasteiger partial charge in [-0.15, -0.1) is 0 Å². The first-order chi connectivity index (χ1) is 16.6. The summed E-state index contributed by atoms with van der Waals surface area (Å²) >= 11 is 24.1. The number of ketones is 1. The van der Waals surface area contributed by atoms with Gasteiger partial charge in [0.05, 0.1) is 39.0 Å². The lowest BCUT2D eigenvalue weighted by Crippen LogP contribution is -2.29. The van der Waals surface area contributed by atoms with Crippen LogP contribution in [-0.4, -0.2) is 37.3 Å². The van der Waals surface area contributed by atoms with Crippen LogP contribution in [0.15, 0.2) is 48.5 Å². The fourth-order valence-corrected chi connectivity index (χ4v) is 4.12. The Morgan fingerprint density at radius 2 is 1.40 bits per heavy atom. The van der Waals surface area contributed by atoms with E-state index < -0.39 is 30.2 Å². The number of methoxy groups -OCH3 is 1. The Balaban J connectivity index is 1.59. The normalized spacial score (nSPS) is 12.5. The molecule has 0 aromatic heterocycles. The lowest BCUT2D eigenvalue weighted by Gasteiger charge is -2.18. The molecule has 3 aromatic carbocycles. The molecular formula is C24H13Cl4NO6. The molecule has 0 saturated carbocycles. The highest BCUT2D eigenvalue weighted by Gasteiger charge is 2.39. The summed E-state index contributed by atoms with van der Waals surface area (Å²) in [4.78, 5) is 51.7. The molecule has 4 rings (SSSR count). The van der Waals surface area contributed by atoms with Gasteiger partial charge >= 0.3 is 5.97 Å². The number of nitrogens with zero attached hydrogens (tertiary/aromatic N) is 1. The van der Waals surface area contributed by atoms with Crippen LogP contribution >= 0.6 is 46.4 Å². The van der Waals surface area contributed by atoms with Crippen LogP contribution in [0.3, 0.4) is 0 Å². The number of anilines is 1. The number of amides is 2. The van der Waals surface area contributed by atoms with E-state index in [1.54, 1.807) is 12.1 Å². The summed E-state index contributed by atoms with van der Waals surface area (Å²) in [6.07, 6.45) is 0. The van der Waals surface area contributed by atoms with Crippen molar-refractivity contribution in [3.63, 3.8) is 0 Å². The first kappa shape index (κ1) is 25.0. The zero-order valence-corrected chi connectivity index (χ0v) is 20.8. The molecule has 0 aliphatic carbocycles. The monoisotopic (exact) mass is 551 g/mol. The second kappa shape index (κ2) is 9.87. The third-order valence-electron chi connectivity index (χ3n) is 5.16. The zero-order valence-electron chi connectivity index (χ0n) is 17.7. The van der Waals surface area contributed by atoms with Crippen molar-refractivity contribution < 1.29 is 28.7 Å². The third-order valence-corrected chi connectivity index (χ3v) is 6.43. The SMILES string of the molecule is COc1cc(N2C(=O)c3cc(Cl)c(Cl)cc3C2=O)c(Cl)cc1C(=O)OCC(=O)c1ccc(Cl)cc1. The molecule has 0 N–H and O–H groups in total. The molecule has 11 heteroatoms. The van der Waals surface area contributed by atoms with Gasteiger partial charge in [0.1, 0.15) is 11.3 Å². The Kier molecular flexibility index (Phi) is 7.05. The summed E-state index contributed by atoms with van der Waals surface area (Å²) in [5, 5.41) is 0.586. The van der Waals surface area contributed by atoms with Crippen molar-refractivity contribution in [2.75, 3.05) is 18.6 Å². The molecule has 178 valence electrons. The molecule has 2 amide bonds. The molecular weight excluding hydrogens is 540 g/mol. The van der Waals surface area contributed by atoms with Crippen LogP contribution in [0.4, 0.5) is 5.69 Å². The number of hydrogen-bond acceptors (Lipinski definition) is 6. The molecule has 7 nitrogen and oxygen atoms in total. The number of halogens is 4. The van der Waals surface area contributed by atoms with Crippen LogP contribution in [0, 0.1) is 0 Å². The van der Waals surface area contributed by atoms with Crippen LogP contribution < -0.4 is 9.64 Å². The van der Waals surface area contributed by atoms with Gasteiger partial charge in [0.15, 0.2) is 12.4 Å². The van der Waals surface area contributed by atoms with Gasteiger partial charge in [0.2, 0.25) is 0 Å². The second-order valence-electron chi connectivity index (χ2n) is 7.27. The summed E-state index contributed by atoms with van der Waals surface area (Å²) in [6, 6.07) is 11.1. The average molecular weight is 553 g/mol. The Bertz CT molecular complexity index is 1360. The van der Waals surface area contributed by atoms with Crippen molar-refractivity contribution in [2.45, 2.75) is 0 Å². The van der Waals surface area contributed by atoms with Gasteiger partial charge in [-0.1, -0.05) is 46.4 Å². The van der Waals surface area contributed by atoms with E-state index in [1.807, 2.05) is 0 Å². The standard InChI is InChI=1S/C24H13Cl4NO6/c1-34-21-9-19(29-22(31)13-6-16(26)17(27)7-14(13)23(29)32)18(28)8-15(21)24(33)35-10-20(30)11-2-4-12(25)5-3-11/h2-9H,10H2,1H3. The molecule has 0 radical (unpaired) electrons. The van der Waals surface area contributed by atoms with Crippen molar-refractivity contribution in [1.82, 2.24) is 0 Å². The Morgan fingerprint density at radius 3 is 1.94 bits per heavy atom. The number of rotatable bonds is 6. The topological polar surface area (TPSA) is 90.0 Å². The Morgan fingerprint density at radius 1 is 0.829 bits per heavy atom. The van der Waals surface area contributed by atoms with Crippen molar-refractivity contribution in [3.8, 4) is 5.75 Å². The van der Waals surface area contributed by atoms with E-state index in [2.05, 4.69) is 0 Å². The summed E-state index contributed by atoms with van der Waals surface area (Å²) in [6.45, 7) is -0.539. The summed E-state index contributed by atoms with van der Waals surface area (Å²) in [5.41, 5.74) is 0.309. The van der Waals surface area contributed by atoms with E-state index in [4.69, 9.17) is 55.9 Å². The van der Waals surface area contributed by atoms with Gasteiger partial charge in [-0.3, -0.25) is 14.4 Å². The maximum atomic E-state index is 12.9. The van der Waals surface area contributed by atoms with E-state index >= 15 is 0 Å². The molecule has 0 saturated heterocycles. The number of esters is 1. The third kappa shape index (κ3) is 4.73. The van der Waals surface area contributed by atoms with Crippen LogP contribution in [0.5, 0.6) is 5.75 Å². The van der Waals surface area contributed by atoms with Gasteiger partial charge in [-0.25, -0.2) is 9.69 Å². The molecule has 1 aliphatic rings. The number of ether oxygens (including phenoxy) is 2. The van der Waals surface area contributed by atoms with E-state index in [9.17, 15) is 19.2 Å².